The van der Waals surface area contributed by atoms with Crippen molar-refractivity contribution in [2.24, 2.45) is 0 Å². The topological polar surface area (TPSA) is 60.2 Å². The Kier molecular flexibility index (Phi) is 4.33. The van der Waals surface area contributed by atoms with Gasteiger partial charge >= 0.3 is 0 Å². The van der Waals surface area contributed by atoms with Crippen LogP contribution in [0.5, 0.6) is 5.75 Å². The average Bonchev–Trinajstić information content (AvgIpc) is 2.85. The largest absolute Gasteiger partial charge is 0.497 e. The lowest BCUT2D eigenvalue weighted by atomic mass is 10.2. The standard InChI is InChI=1S/C12H14BrN3O2/c1-18-10-4-5-11(13)12(7-10)16-8-9(14-15-16)3-2-6-17/h4-5,7-8,17H,2-3,6H2,1H3. The fraction of sp³-hybridized carbons (Fsp3) is 0.333. The lowest BCUT2D eigenvalue weighted by Crippen LogP contribution is -1.97. The molecule has 0 aliphatic carbocycles. The SMILES string of the molecule is COc1ccc(Br)c(-n2cc(CCCO)nn2)c1. The molecule has 18 heavy (non-hydrogen) atoms. The third kappa shape index (κ3) is 2.88. The van der Waals surface area contributed by atoms with Crippen molar-refractivity contribution in [2.45, 2.75) is 12.8 Å². The van der Waals surface area contributed by atoms with Gasteiger partial charge in [0.2, 0.25) is 0 Å². The number of aliphatic hydroxyl groups is 1. The molecule has 0 aliphatic rings. The molecule has 0 atom stereocenters. The number of rotatable bonds is 5. The Labute approximate surface area is 114 Å². The summed E-state index contributed by atoms with van der Waals surface area (Å²) in [6.07, 6.45) is 3.27. The van der Waals surface area contributed by atoms with Crippen molar-refractivity contribution in [3.8, 4) is 11.4 Å². The molecule has 0 saturated heterocycles. The summed E-state index contributed by atoms with van der Waals surface area (Å²) < 4.78 is 7.80. The normalized spacial score (nSPS) is 10.6. The first-order valence-corrected chi connectivity index (χ1v) is 6.40. The van der Waals surface area contributed by atoms with Crippen LogP contribution >= 0.6 is 15.9 Å². The number of aromatic nitrogens is 3. The van der Waals surface area contributed by atoms with Gasteiger partial charge in [-0.2, -0.15) is 0 Å². The molecule has 0 amide bonds. The van der Waals surface area contributed by atoms with Gasteiger partial charge in [-0.05, 0) is 40.9 Å². The molecule has 6 heteroatoms. The first-order valence-electron chi connectivity index (χ1n) is 5.60. The van der Waals surface area contributed by atoms with Gasteiger partial charge in [0.25, 0.3) is 0 Å². The molecule has 0 radical (unpaired) electrons. The van der Waals surface area contributed by atoms with Crippen molar-refractivity contribution in [3.63, 3.8) is 0 Å². The van der Waals surface area contributed by atoms with E-state index < -0.39 is 0 Å². The molecule has 0 saturated carbocycles. The number of benzene rings is 1. The van der Waals surface area contributed by atoms with Crippen LogP contribution in [0.15, 0.2) is 28.9 Å². The molecule has 5 nitrogen and oxygen atoms in total. The van der Waals surface area contributed by atoms with Crippen LogP contribution in [0, 0.1) is 0 Å². The molecular weight excluding hydrogens is 298 g/mol. The highest BCUT2D eigenvalue weighted by Gasteiger charge is 2.07. The molecule has 0 spiro atoms. The number of aryl methyl sites for hydroxylation is 1. The minimum atomic E-state index is 0.162. The second-order valence-electron chi connectivity index (χ2n) is 3.80. The van der Waals surface area contributed by atoms with E-state index in [0.717, 1.165) is 28.0 Å². The molecule has 96 valence electrons. The molecule has 0 unspecified atom stereocenters. The Morgan fingerprint density at radius 3 is 3.00 bits per heavy atom. The Bertz CT molecular complexity index is 528. The molecule has 2 rings (SSSR count). The summed E-state index contributed by atoms with van der Waals surface area (Å²) >= 11 is 3.47. The molecule has 2 aromatic rings. The molecule has 1 aromatic carbocycles. The summed E-state index contributed by atoms with van der Waals surface area (Å²) in [5, 5.41) is 16.9. The predicted molar refractivity (Wildman–Crippen MR) is 71.0 cm³/mol. The summed E-state index contributed by atoms with van der Waals surface area (Å²) in [5.74, 6) is 0.764. The number of hydrogen-bond donors (Lipinski definition) is 1. The van der Waals surface area contributed by atoms with Gasteiger partial charge in [0.1, 0.15) is 5.75 Å². The van der Waals surface area contributed by atoms with Crippen LogP contribution in [0.4, 0.5) is 0 Å². The van der Waals surface area contributed by atoms with E-state index in [4.69, 9.17) is 9.84 Å². The maximum absolute atomic E-state index is 8.78. The maximum atomic E-state index is 8.78. The summed E-state index contributed by atoms with van der Waals surface area (Å²) in [6.45, 7) is 0.162. The van der Waals surface area contributed by atoms with Crippen molar-refractivity contribution >= 4 is 15.9 Å². The number of methoxy groups -OCH3 is 1. The first-order chi connectivity index (χ1) is 8.74. The second kappa shape index (κ2) is 5.97. The van der Waals surface area contributed by atoms with Gasteiger partial charge in [-0.25, -0.2) is 4.68 Å². The highest BCUT2D eigenvalue weighted by molar-refractivity contribution is 9.10. The second-order valence-corrected chi connectivity index (χ2v) is 4.65. The summed E-state index contributed by atoms with van der Waals surface area (Å²) in [5.41, 5.74) is 1.73. The Balaban J connectivity index is 2.27. The van der Waals surface area contributed by atoms with Crippen molar-refractivity contribution in [3.05, 3.63) is 34.6 Å². The first kappa shape index (κ1) is 13.0. The minimum Gasteiger partial charge on any atom is -0.497 e. The van der Waals surface area contributed by atoms with E-state index in [1.807, 2.05) is 24.4 Å². The number of aliphatic hydroxyl groups excluding tert-OH is 1. The zero-order valence-corrected chi connectivity index (χ0v) is 11.6. The van der Waals surface area contributed by atoms with E-state index in [0.29, 0.717) is 6.42 Å². The Morgan fingerprint density at radius 2 is 2.28 bits per heavy atom. The highest BCUT2D eigenvalue weighted by atomic mass is 79.9. The van der Waals surface area contributed by atoms with Crippen molar-refractivity contribution < 1.29 is 9.84 Å². The Morgan fingerprint density at radius 1 is 1.44 bits per heavy atom. The zero-order valence-electron chi connectivity index (χ0n) is 10.0. The third-order valence-electron chi connectivity index (χ3n) is 2.53. The number of hydrogen-bond acceptors (Lipinski definition) is 4. The number of ether oxygens (including phenoxy) is 1. The smallest absolute Gasteiger partial charge is 0.121 e. The van der Waals surface area contributed by atoms with Crippen LogP contribution in [-0.2, 0) is 6.42 Å². The van der Waals surface area contributed by atoms with Gasteiger partial charge in [-0.15, -0.1) is 5.10 Å². The van der Waals surface area contributed by atoms with Crippen molar-refractivity contribution in [1.29, 1.82) is 0 Å². The average molecular weight is 312 g/mol. The fourth-order valence-electron chi connectivity index (χ4n) is 1.59. The lowest BCUT2D eigenvalue weighted by Gasteiger charge is -2.06. The molecule has 1 heterocycles. The van der Waals surface area contributed by atoms with E-state index in [1.54, 1.807) is 11.8 Å². The predicted octanol–water partition coefficient (Wildman–Crippen LogP) is 1.96. The van der Waals surface area contributed by atoms with Crippen LogP contribution in [0.25, 0.3) is 5.69 Å². The van der Waals surface area contributed by atoms with Crippen molar-refractivity contribution in [1.82, 2.24) is 15.0 Å². The van der Waals surface area contributed by atoms with E-state index in [1.165, 1.54) is 0 Å². The van der Waals surface area contributed by atoms with Gasteiger partial charge in [0.15, 0.2) is 0 Å². The van der Waals surface area contributed by atoms with Gasteiger partial charge in [-0.1, -0.05) is 5.21 Å². The van der Waals surface area contributed by atoms with Crippen LogP contribution in [0.1, 0.15) is 12.1 Å². The lowest BCUT2D eigenvalue weighted by molar-refractivity contribution is 0.288. The van der Waals surface area contributed by atoms with Gasteiger partial charge in [0, 0.05) is 17.1 Å². The van der Waals surface area contributed by atoms with Crippen LogP contribution < -0.4 is 4.74 Å². The summed E-state index contributed by atoms with van der Waals surface area (Å²) in [4.78, 5) is 0. The van der Waals surface area contributed by atoms with E-state index >= 15 is 0 Å². The van der Waals surface area contributed by atoms with Crippen molar-refractivity contribution in [2.75, 3.05) is 13.7 Å². The summed E-state index contributed by atoms with van der Waals surface area (Å²) in [7, 11) is 1.63. The molecule has 1 aromatic heterocycles. The monoisotopic (exact) mass is 311 g/mol. The van der Waals surface area contributed by atoms with Gasteiger partial charge in [0.05, 0.1) is 24.7 Å². The Hall–Kier alpha value is -1.40. The van der Waals surface area contributed by atoms with E-state index in [2.05, 4.69) is 26.2 Å². The third-order valence-corrected chi connectivity index (χ3v) is 3.20. The fourth-order valence-corrected chi connectivity index (χ4v) is 2.01. The quantitative estimate of drug-likeness (QED) is 0.917. The van der Waals surface area contributed by atoms with E-state index in [-0.39, 0.29) is 6.61 Å². The van der Waals surface area contributed by atoms with Gasteiger partial charge < -0.3 is 9.84 Å². The van der Waals surface area contributed by atoms with Crippen LogP contribution in [0.2, 0.25) is 0 Å². The molecule has 0 bridgehead atoms. The molecule has 1 N–H and O–H groups in total. The molecule has 0 fully saturated rings. The number of nitrogens with zero attached hydrogens (tertiary/aromatic N) is 3. The highest BCUT2D eigenvalue weighted by Crippen LogP contribution is 2.25. The summed E-state index contributed by atoms with van der Waals surface area (Å²) in [6, 6.07) is 5.66. The molecular formula is C12H14BrN3O2. The number of halogens is 1. The maximum Gasteiger partial charge on any atom is 0.121 e. The minimum absolute atomic E-state index is 0.162. The zero-order chi connectivity index (χ0) is 13.0. The van der Waals surface area contributed by atoms with E-state index in [9.17, 15) is 0 Å². The van der Waals surface area contributed by atoms with Crippen LogP contribution in [-0.4, -0.2) is 33.8 Å². The van der Waals surface area contributed by atoms with Crippen LogP contribution in [0.3, 0.4) is 0 Å². The molecule has 0 aliphatic heterocycles. The van der Waals surface area contributed by atoms with Gasteiger partial charge in [-0.3, -0.25) is 0 Å².